The highest BCUT2D eigenvalue weighted by Gasteiger charge is 2.20. The Morgan fingerprint density at radius 1 is 1.08 bits per heavy atom. The van der Waals surface area contributed by atoms with E-state index in [4.69, 9.17) is 19.4 Å². The molecule has 3 heterocycles. The molecule has 10 heteroatoms. The number of thioether (sulfide) groups is 1. The van der Waals surface area contributed by atoms with E-state index in [2.05, 4.69) is 29.2 Å². The van der Waals surface area contributed by atoms with Gasteiger partial charge in [-0.05, 0) is 51.3 Å². The van der Waals surface area contributed by atoms with Gasteiger partial charge >= 0.3 is 0 Å². The van der Waals surface area contributed by atoms with Crippen LogP contribution >= 0.6 is 11.8 Å². The molecule has 1 N–H and O–H groups in total. The molecule has 0 unspecified atom stereocenters. The number of rotatable bonds is 11. The average Bonchev–Trinajstić information content (AvgIpc) is 3.27. The number of benzene rings is 1. The molecule has 2 aromatic heterocycles. The van der Waals surface area contributed by atoms with Crippen LogP contribution in [0.4, 0.5) is 5.82 Å². The fourth-order valence-electron chi connectivity index (χ4n) is 4.26. The van der Waals surface area contributed by atoms with Gasteiger partial charge in [-0.2, -0.15) is 5.10 Å². The third-order valence-electron chi connectivity index (χ3n) is 5.87. The van der Waals surface area contributed by atoms with Gasteiger partial charge in [0.15, 0.2) is 22.3 Å². The van der Waals surface area contributed by atoms with Crippen molar-refractivity contribution in [1.29, 1.82) is 0 Å². The molecule has 1 amide bonds. The predicted octanol–water partition coefficient (Wildman–Crippen LogP) is 4.54. The largest absolute Gasteiger partial charge is 0.490 e. The third kappa shape index (κ3) is 6.21. The minimum absolute atomic E-state index is 0.171. The molecule has 0 spiro atoms. The number of hydrogen-bond donors (Lipinski definition) is 1. The summed E-state index contributed by atoms with van der Waals surface area (Å²) in [5.41, 5.74) is 1.33. The molecule has 9 nitrogen and oxygen atoms in total. The molecule has 1 saturated heterocycles. The van der Waals surface area contributed by atoms with Crippen molar-refractivity contribution in [3.63, 3.8) is 0 Å². The Hall–Kier alpha value is -3.01. The highest BCUT2D eigenvalue weighted by atomic mass is 32.2. The van der Waals surface area contributed by atoms with E-state index in [0.29, 0.717) is 48.6 Å². The summed E-state index contributed by atoms with van der Waals surface area (Å²) >= 11 is 1.66. The topological polar surface area (TPSA) is 94.4 Å². The molecular formula is C26H36N6O3S. The van der Waals surface area contributed by atoms with E-state index < -0.39 is 0 Å². The Kier molecular flexibility index (Phi) is 8.90. The normalized spacial score (nSPS) is 13.9. The van der Waals surface area contributed by atoms with Crippen LogP contribution in [0.15, 0.2) is 29.6 Å². The number of piperidine rings is 1. The van der Waals surface area contributed by atoms with Crippen molar-refractivity contribution in [2.24, 2.45) is 0 Å². The molecule has 194 valence electrons. The first-order valence-corrected chi connectivity index (χ1v) is 13.7. The van der Waals surface area contributed by atoms with E-state index in [1.807, 2.05) is 24.7 Å². The molecule has 1 aliphatic heterocycles. The standard InChI is InChI=1S/C26H36N6O3S/c1-5-34-21-11-10-19(16-22(21)35-6-2)25(33)27-12-15-32-24-20(17-28-32)23(31-13-8-7-9-14-31)29-26(30-24)36-18(3)4/h10-11,16-18H,5-9,12-15H2,1-4H3,(H,27,33). The minimum Gasteiger partial charge on any atom is -0.490 e. The van der Waals surface area contributed by atoms with Gasteiger partial charge in [0.1, 0.15) is 5.82 Å². The molecule has 1 aliphatic rings. The lowest BCUT2D eigenvalue weighted by Crippen LogP contribution is -2.30. The Morgan fingerprint density at radius 2 is 1.83 bits per heavy atom. The van der Waals surface area contributed by atoms with E-state index in [1.165, 1.54) is 19.3 Å². The van der Waals surface area contributed by atoms with Crippen LogP contribution in [0, 0.1) is 0 Å². The number of nitrogens with zero attached hydrogens (tertiary/aromatic N) is 5. The van der Waals surface area contributed by atoms with Crippen LogP contribution in [0.3, 0.4) is 0 Å². The smallest absolute Gasteiger partial charge is 0.251 e. The molecular weight excluding hydrogens is 476 g/mol. The SMILES string of the molecule is CCOc1ccc(C(=O)NCCn2ncc3c(N4CCCCC4)nc(SC(C)C)nc32)cc1OCC. The Balaban J connectivity index is 1.49. The number of carbonyl (C=O) groups is 1. The lowest BCUT2D eigenvalue weighted by molar-refractivity contribution is 0.0951. The van der Waals surface area contributed by atoms with Crippen LogP contribution in [0.2, 0.25) is 0 Å². The first-order valence-electron chi connectivity index (χ1n) is 12.8. The molecule has 36 heavy (non-hydrogen) atoms. The fraction of sp³-hybridized carbons (Fsp3) is 0.538. The van der Waals surface area contributed by atoms with Crippen molar-refractivity contribution < 1.29 is 14.3 Å². The molecule has 0 bridgehead atoms. The van der Waals surface area contributed by atoms with Crippen LogP contribution in [0.25, 0.3) is 11.0 Å². The number of ether oxygens (including phenoxy) is 2. The minimum atomic E-state index is -0.171. The number of hydrogen-bond acceptors (Lipinski definition) is 8. The number of carbonyl (C=O) groups excluding carboxylic acids is 1. The quantitative estimate of drug-likeness (QED) is 0.296. The van der Waals surface area contributed by atoms with Crippen LogP contribution < -0.4 is 19.7 Å². The number of nitrogens with one attached hydrogen (secondary N) is 1. The predicted molar refractivity (Wildman–Crippen MR) is 143 cm³/mol. The zero-order chi connectivity index (χ0) is 25.5. The molecule has 3 aromatic rings. The zero-order valence-electron chi connectivity index (χ0n) is 21.6. The second-order valence-corrected chi connectivity index (χ2v) is 10.5. The second kappa shape index (κ2) is 12.3. The lowest BCUT2D eigenvalue weighted by Gasteiger charge is -2.28. The van der Waals surface area contributed by atoms with E-state index in [1.54, 1.807) is 30.0 Å². The highest BCUT2D eigenvalue weighted by Crippen LogP contribution is 2.31. The Bertz CT molecular complexity index is 1180. The number of amides is 1. The zero-order valence-corrected chi connectivity index (χ0v) is 22.4. The molecule has 1 fully saturated rings. The van der Waals surface area contributed by atoms with Crippen molar-refractivity contribution in [3.05, 3.63) is 30.0 Å². The molecule has 0 saturated carbocycles. The van der Waals surface area contributed by atoms with E-state index in [9.17, 15) is 4.79 Å². The molecule has 0 atom stereocenters. The fourth-order valence-corrected chi connectivity index (χ4v) is 4.96. The van der Waals surface area contributed by atoms with Gasteiger partial charge in [-0.15, -0.1) is 0 Å². The first kappa shape index (κ1) is 26.1. The van der Waals surface area contributed by atoms with Gasteiger partial charge in [0, 0.05) is 30.4 Å². The van der Waals surface area contributed by atoms with Crippen LogP contribution in [0.1, 0.15) is 57.3 Å². The van der Waals surface area contributed by atoms with Gasteiger partial charge < -0.3 is 19.7 Å². The van der Waals surface area contributed by atoms with E-state index in [0.717, 1.165) is 35.1 Å². The second-order valence-electron chi connectivity index (χ2n) is 8.93. The molecule has 0 radical (unpaired) electrons. The van der Waals surface area contributed by atoms with E-state index >= 15 is 0 Å². The van der Waals surface area contributed by atoms with Gasteiger partial charge in [0.25, 0.3) is 5.91 Å². The summed E-state index contributed by atoms with van der Waals surface area (Å²) in [7, 11) is 0. The van der Waals surface area contributed by atoms with Crippen molar-refractivity contribution in [3.8, 4) is 11.5 Å². The average molecular weight is 513 g/mol. The van der Waals surface area contributed by atoms with Crippen molar-refractivity contribution >= 4 is 34.5 Å². The Labute approximate surface area is 217 Å². The maximum absolute atomic E-state index is 12.8. The summed E-state index contributed by atoms with van der Waals surface area (Å²) in [6.07, 6.45) is 5.47. The maximum Gasteiger partial charge on any atom is 0.251 e. The van der Waals surface area contributed by atoms with Crippen molar-refractivity contribution in [2.75, 3.05) is 37.7 Å². The molecule has 0 aliphatic carbocycles. The summed E-state index contributed by atoms with van der Waals surface area (Å²) in [4.78, 5) is 24.9. The third-order valence-corrected chi connectivity index (χ3v) is 6.73. The Morgan fingerprint density at radius 3 is 2.56 bits per heavy atom. The summed E-state index contributed by atoms with van der Waals surface area (Å²) in [5, 5.41) is 9.70. The van der Waals surface area contributed by atoms with E-state index in [-0.39, 0.29) is 5.91 Å². The van der Waals surface area contributed by atoms with Gasteiger partial charge in [0.2, 0.25) is 0 Å². The summed E-state index contributed by atoms with van der Waals surface area (Å²) in [6.45, 7) is 12.1. The number of anilines is 1. The lowest BCUT2D eigenvalue weighted by atomic mass is 10.1. The van der Waals surface area contributed by atoms with Crippen LogP contribution in [-0.2, 0) is 6.54 Å². The summed E-state index contributed by atoms with van der Waals surface area (Å²) in [5.74, 6) is 2.01. The van der Waals surface area contributed by atoms with Crippen LogP contribution in [0.5, 0.6) is 11.5 Å². The van der Waals surface area contributed by atoms with Gasteiger partial charge in [0.05, 0.1) is 31.3 Å². The first-order chi connectivity index (χ1) is 17.5. The van der Waals surface area contributed by atoms with Gasteiger partial charge in [-0.25, -0.2) is 14.6 Å². The van der Waals surface area contributed by atoms with Crippen LogP contribution in [-0.4, -0.2) is 63.8 Å². The van der Waals surface area contributed by atoms with Crippen molar-refractivity contribution in [2.45, 2.75) is 63.9 Å². The maximum atomic E-state index is 12.8. The highest BCUT2D eigenvalue weighted by molar-refractivity contribution is 7.99. The number of fused-ring (bicyclic) bond motifs is 1. The molecule has 4 rings (SSSR count). The van der Waals surface area contributed by atoms with Gasteiger partial charge in [-0.3, -0.25) is 4.79 Å². The molecule has 1 aromatic carbocycles. The number of aromatic nitrogens is 4. The summed E-state index contributed by atoms with van der Waals surface area (Å²) < 4.78 is 13.1. The van der Waals surface area contributed by atoms with Gasteiger partial charge in [-0.1, -0.05) is 25.6 Å². The van der Waals surface area contributed by atoms with Crippen molar-refractivity contribution in [1.82, 2.24) is 25.1 Å². The summed E-state index contributed by atoms with van der Waals surface area (Å²) in [6, 6.07) is 5.25. The monoisotopic (exact) mass is 512 g/mol.